The molecular formula is C59H36N2O. The normalized spacial score (nSPS) is 14.8. The number of rotatable bonds is 4. The lowest BCUT2D eigenvalue weighted by atomic mass is 9.61. The molecule has 0 N–H and O–H groups in total. The van der Waals surface area contributed by atoms with Crippen molar-refractivity contribution in [3.63, 3.8) is 0 Å². The molecule has 3 heteroatoms. The Morgan fingerprint density at radius 2 is 0.968 bits per heavy atom. The number of hydrogen-bond acceptors (Lipinski definition) is 2. The van der Waals surface area contributed by atoms with Gasteiger partial charge in [0.05, 0.1) is 27.5 Å². The van der Waals surface area contributed by atoms with Crippen molar-refractivity contribution >= 4 is 71.6 Å². The lowest BCUT2D eigenvalue weighted by molar-refractivity contribution is 0.669. The molecule has 0 saturated carbocycles. The molecule has 0 amide bonds. The van der Waals surface area contributed by atoms with Crippen LogP contribution in [0.3, 0.4) is 0 Å². The van der Waals surface area contributed by atoms with Crippen molar-refractivity contribution in [2.24, 2.45) is 0 Å². The van der Waals surface area contributed by atoms with Crippen LogP contribution in [0.1, 0.15) is 22.3 Å². The molecule has 0 saturated heterocycles. The molecule has 0 bridgehead atoms. The van der Waals surface area contributed by atoms with E-state index in [4.69, 9.17) is 4.42 Å². The van der Waals surface area contributed by atoms with Crippen LogP contribution in [-0.2, 0) is 5.41 Å². The van der Waals surface area contributed by atoms with Crippen molar-refractivity contribution in [3.05, 3.63) is 241 Å². The minimum Gasteiger partial charge on any atom is -0.456 e. The van der Waals surface area contributed by atoms with E-state index in [0.29, 0.717) is 0 Å². The Labute approximate surface area is 358 Å². The van der Waals surface area contributed by atoms with Gasteiger partial charge in [0.25, 0.3) is 0 Å². The zero-order valence-corrected chi connectivity index (χ0v) is 33.6. The van der Waals surface area contributed by atoms with Gasteiger partial charge in [-0.05, 0) is 116 Å². The zero-order valence-electron chi connectivity index (χ0n) is 33.6. The lowest BCUT2D eigenvalue weighted by Gasteiger charge is -2.40. The quantitative estimate of drug-likeness (QED) is 0.177. The molecule has 0 aliphatic heterocycles. The number of aromatic nitrogens is 1. The van der Waals surface area contributed by atoms with Crippen molar-refractivity contribution in [1.29, 1.82) is 0 Å². The molecule has 2 heterocycles. The second-order valence-corrected chi connectivity index (χ2v) is 16.8. The van der Waals surface area contributed by atoms with Crippen LogP contribution in [0.15, 0.2) is 223 Å². The van der Waals surface area contributed by atoms with Crippen LogP contribution in [0, 0.1) is 0 Å². The Morgan fingerprint density at radius 3 is 1.82 bits per heavy atom. The van der Waals surface area contributed by atoms with E-state index in [2.05, 4.69) is 228 Å². The van der Waals surface area contributed by atoms with Crippen LogP contribution in [0.2, 0.25) is 0 Å². The number of fused-ring (bicyclic) bond motifs is 15. The number of furan rings is 1. The maximum absolute atomic E-state index is 6.58. The molecule has 1 unspecified atom stereocenters. The van der Waals surface area contributed by atoms with Crippen LogP contribution in [0.5, 0.6) is 0 Å². The van der Waals surface area contributed by atoms with Gasteiger partial charge < -0.3 is 13.9 Å². The van der Waals surface area contributed by atoms with Crippen molar-refractivity contribution in [2.75, 3.05) is 4.90 Å². The van der Waals surface area contributed by atoms with Crippen molar-refractivity contribution in [1.82, 2.24) is 4.57 Å². The molecule has 12 aromatic rings. The van der Waals surface area contributed by atoms with E-state index in [0.717, 1.165) is 50.2 Å². The molecule has 1 atom stereocenters. The highest BCUT2D eigenvalue weighted by Crippen LogP contribution is 2.62. The molecule has 3 nitrogen and oxygen atoms in total. The summed E-state index contributed by atoms with van der Waals surface area (Å²) in [6, 6.07) is 80.5. The smallest absolute Gasteiger partial charge is 0.137 e. The first-order valence-corrected chi connectivity index (χ1v) is 21.4. The highest BCUT2D eigenvalue weighted by atomic mass is 16.3. The van der Waals surface area contributed by atoms with Crippen molar-refractivity contribution < 1.29 is 4.42 Å². The van der Waals surface area contributed by atoms with Crippen molar-refractivity contribution in [2.45, 2.75) is 5.41 Å². The van der Waals surface area contributed by atoms with E-state index >= 15 is 0 Å². The summed E-state index contributed by atoms with van der Waals surface area (Å²) in [5.41, 5.74) is 18.3. The first-order valence-electron chi connectivity index (χ1n) is 21.4. The zero-order chi connectivity index (χ0) is 40.5. The minimum atomic E-state index is -0.546. The third-order valence-electron chi connectivity index (χ3n) is 13.8. The fourth-order valence-corrected chi connectivity index (χ4v) is 11.4. The topological polar surface area (TPSA) is 21.3 Å². The van der Waals surface area contributed by atoms with E-state index in [1.165, 1.54) is 71.6 Å². The lowest BCUT2D eigenvalue weighted by Crippen LogP contribution is -2.32. The molecular weight excluding hydrogens is 753 g/mol. The summed E-state index contributed by atoms with van der Waals surface area (Å²) in [6.45, 7) is 0. The van der Waals surface area contributed by atoms with E-state index in [9.17, 15) is 0 Å². The van der Waals surface area contributed by atoms with Gasteiger partial charge in [0, 0.05) is 33.2 Å². The molecule has 288 valence electrons. The monoisotopic (exact) mass is 788 g/mol. The van der Waals surface area contributed by atoms with Gasteiger partial charge in [0.15, 0.2) is 0 Å². The van der Waals surface area contributed by atoms with Gasteiger partial charge in [-0.1, -0.05) is 158 Å². The van der Waals surface area contributed by atoms with Crippen LogP contribution >= 0.6 is 0 Å². The summed E-state index contributed by atoms with van der Waals surface area (Å²) in [5.74, 6) is 0. The molecule has 10 aromatic carbocycles. The average molecular weight is 789 g/mol. The second-order valence-electron chi connectivity index (χ2n) is 16.8. The number of benzene rings is 10. The Morgan fingerprint density at radius 1 is 0.371 bits per heavy atom. The average Bonchev–Trinajstić information content (AvgIpc) is 3.98. The standard InChI is InChI=1S/C59H36N2O/c1-2-17-38(18-3-1)61-52-27-10-6-21-44(52)45-34-32-40(36-54(45)61)60(53-28-14-30-56-58(53)47-22-7-11-29-55(47)62-56)39-31-33-43-41-19-4-8-24-48(41)59(51(43)35-39)49-25-9-5-20-42(49)46-23-12-15-37-16-13-26-50(59)57(37)46/h1-36H. The first kappa shape index (κ1) is 33.7. The second kappa shape index (κ2) is 12.4. The summed E-state index contributed by atoms with van der Waals surface area (Å²) in [7, 11) is 0. The number of anilines is 3. The SMILES string of the molecule is c1ccc(-n2c3ccccc3c3ccc(N(c4ccc5c(c4)C4(c6ccccc6-5)c5ccccc5-c5cccc6cccc4c56)c4cccc5oc6ccccc6c45)cc32)cc1. The van der Waals surface area contributed by atoms with Gasteiger partial charge in [-0.2, -0.15) is 0 Å². The van der Waals surface area contributed by atoms with Gasteiger partial charge in [0.2, 0.25) is 0 Å². The number of hydrogen-bond donors (Lipinski definition) is 0. The van der Waals surface area contributed by atoms with Gasteiger partial charge in [-0.25, -0.2) is 0 Å². The predicted molar refractivity (Wildman–Crippen MR) is 257 cm³/mol. The fourth-order valence-electron chi connectivity index (χ4n) is 11.4. The predicted octanol–water partition coefficient (Wildman–Crippen LogP) is 15.6. The van der Waals surface area contributed by atoms with Crippen LogP contribution in [0.4, 0.5) is 17.1 Å². The Hall–Kier alpha value is -8.14. The summed E-state index contributed by atoms with van der Waals surface area (Å²) in [6.07, 6.45) is 0. The number of nitrogens with zero attached hydrogens (tertiary/aromatic N) is 2. The Balaban J connectivity index is 1.10. The maximum Gasteiger partial charge on any atom is 0.137 e. The van der Waals surface area contributed by atoms with Crippen LogP contribution in [0.25, 0.3) is 82.5 Å². The van der Waals surface area contributed by atoms with E-state index in [1.807, 2.05) is 0 Å². The van der Waals surface area contributed by atoms with E-state index in [-0.39, 0.29) is 0 Å². The number of para-hydroxylation sites is 3. The van der Waals surface area contributed by atoms with Crippen LogP contribution in [-0.4, -0.2) is 4.57 Å². The summed E-state index contributed by atoms with van der Waals surface area (Å²) >= 11 is 0. The summed E-state index contributed by atoms with van der Waals surface area (Å²) < 4.78 is 8.99. The molecule has 14 rings (SSSR count). The summed E-state index contributed by atoms with van der Waals surface area (Å²) in [5, 5.41) is 7.22. The fraction of sp³-hybridized carbons (Fsp3) is 0.0169. The third-order valence-corrected chi connectivity index (χ3v) is 13.8. The highest BCUT2D eigenvalue weighted by molar-refractivity contribution is 6.15. The largest absolute Gasteiger partial charge is 0.456 e. The van der Waals surface area contributed by atoms with Crippen molar-refractivity contribution in [3.8, 4) is 27.9 Å². The Kier molecular flexibility index (Phi) is 6.76. The van der Waals surface area contributed by atoms with Gasteiger partial charge in [-0.15, -0.1) is 0 Å². The van der Waals surface area contributed by atoms with Gasteiger partial charge in [0.1, 0.15) is 11.2 Å². The first-order chi connectivity index (χ1) is 30.8. The molecule has 0 radical (unpaired) electrons. The van der Waals surface area contributed by atoms with Gasteiger partial charge in [-0.3, -0.25) is 0 Å². The molecule has 1 spiro atoms. The van der Waals surface area contributed by atoms with Gasteiger partial charge >= 0.3 is 0 Å². The molecule has 0 fully saturated rings. The van der Waals surface area contributed by atoms with E-state index < -0.39 is 5.41 Å². The summed E-state index contributed by atoms with van der Waals surface area (Å²) in [4.78, 5) is 2.47. The minimum absolute atomic E-state index is 0.546. The third kappa shape index (κ3) is 4.34. The Bertz CT molecular complexity index is 3830. The molecule has 2 aliphatic carbocycles. The molecule has 62 heavy (non-hydrogen) atoms. The molecule has 2 aromatic heterocycles. The van der Waals surface area contributed by atoms with Crippen LogP contribution < -0.4 is 4.90 Å². The van der Waals surface area contributed by atoms with E-state index in [1.54, 1.807) is 0 Å². The molecule has 2 aliphatic rings. The maximum atomic E-state index is 6.58. The highest BCUT2D eigenvalue weighted by Gasteiger charge is 2.50.